The Hall–Kier alpha value is -7.94. The van der Waals surface area contributed by atoms with Crippen LogP contribution in [0.4, 0.5) is 17.1 Å². The third kappa shape index (κ3) is 5.50. The second kappa shape index (κ2) is 14.1. The molecule has 10 aromatic carbocycles. The molecule has 0 spiro atoms. The quantitative estimate of drug-likeness (QED) is 0.156. The summed E-state index contributed by atoms with van der Waals surface area (Å²) in [5, 5.41) is 4.97. The maximum Gasteiger partial charge on any atom is 0.0714 e. The van der Waals surface area contributed by atoms with Gasteiger partial charge in [0.25, 0.3) is 0 Å². The number of rotatable bonds is 7. The van der Waals surface area contributed by atoms with Crippen molar-refractivity contribution in [2.75, 3.05) is 4.90 Å². The number of aromatic nitrogens is 1. The molecule has 286 valence electrons. The standard InChI is InChI=1S/C59H40N2/c1-2-17-45(18-3-1)59(55-25-10-6-21-51(55)52-22-7-11-26-56(52)59)46-19-14-20-49(40-46)60(50-38-33-41-15-4-5-16-44(41)39-50)47-34-29-42(30-35-47)43-31-36-48(37-32-43)61-57-27-12-8-23-53(57)54-24-9-13-28-58(54)61/h1-40H. The number of benzene rings is 10. The molecule has 1 aliphatic carbocycles. The maximum atomic E-state index is 2.42. The van der Waals surface area contributed by atoms with Gasteiger partial charge in [0.1, 0.15) is 0 Å². The molecule has 2 heteroatoms. The largest absolute Gasteiger partial charge is 0.310 e. The lowest BCUT2D eigenvalue weighted by atomic mass is 9.67. The van der Waals surface area contributed by atoms with Crippen molar-refractivity contribution in [3.63, 3.8) is 0 Å². The van der Waals surface area contributed by atoms with Crippen LogP contribution in [0.25, 0.3) is 60.5 Å². The van der Waals surface area contributed by atoms with Crippen molar-refractivity contribution in [3.05, 3.63) is 265 Å². The van der Waals surface area contributed by atoms with Crippen LogP contribution in [0.3, 0.4) is 0 Å². The van der Waals surface area contributed by atoms with Crippen molar-refractivity contribution in [2.45, 2.75) is 5.41 Å². The Balaban J connectivity index is 0.981. The number of nitrogens with zero attached hydrogens (tertiary/aromatic N) is 2. The normalized spacial score (nSPS) is 12.7. The molecule has 0 atom stereocenters. The molecule has 1 heterocycles. The van der Waals surface area contributed by atoms with Crippen LogP contribution in [0.5, 0.6) is 0 Å². The SMILES string of the molecule is c1ccc(C2(c3cccc(N(c4ccc(-c5ccc(-n6c7ccccc7c7ccccc76)cc5)cc4)c4ccc5ccccc5c4)c3)c3ccccc3-c3ccccc32)cc1. The van der Waals surface area contributed by atoms with E-state index in [-0.39, 0.29) is 0 Å². The van der Waals surface area contributed by atoms with Crippen LogP contribution in [0.15, 0.2) is 243 Å². The van der Waals surface area contributed by atoms with Gasteiger partial charge in [0.05, 0.1) is 16.4 Å². The first kappa shape index (κ1) is 35.0. The van der Waals surface area contributed by atoms with E-state index >= 15 is 0 Å². The molecule has 1 aromatic heterocycles. The van der Waals surface area contributed by atoms with E-state index in [0.29, 0.717) is 0 Å². The fourth-order valence-corrected chi connectivity index (χ4v) is 10.2. The highest BCUT2D eigenvalue weighted by molar-refractivity contribution is 6.09. The molecular formula is C59H40N2. The number of para-hydroxylation sites is 2. The minimum absolute atomic E-state index is 0.491. The Morgan fingerprint density at radius 2 is 0.836 bits per heavy atom. The molecule has 61 heavy (non-hydrogen) atoms. The van der Waals surface area contributed by atoms with Crippen LogP contribution in [-0.2, 0) is 5.41 Å². The highest BCUT2D eigenvalue weighted by Crippen LogP contribution is 2.56. The van der Waals surface area contributed by atoms with Crippen molar-refractivity contribution in [2.24, 2.45) is 0 Å². The predicted octanol–water partition coefficient (Wildman–Crippen LogP) is 15.4. The smallest absolute Gasteiger partial charge is 0.0714 e. The van der Waals surface area contributed by atoms with Crippen LogP contribution in [0.2, 0.25) is 0 Å². The van der Waals surface area contributed by atoms with Crippen LogP contribution >= 0.6 is 0 Å². The van der Waals surface area contributed by atoms with Gasteiger partial charge in [-0.1, -0.05) is 182 Å². The number of anilines is 3. The summed E-state index contributed by atoms with van der Waals surface area (Å²) in [6, 6.07) is 89.0. The van der Waals surface area contributed by atoms with E-state index in [2.05, 4.69) is 252 Å². The summed E-state index contributed by atoms with van der Waals surface area (Å²) in [5.74, 6) is 0. The molecule has 0 aliphatic heterocycles. The zero-order valence-corrected chi connectivity index (χ0v) is 33.5. The molecule has 2 nitrogen and oxygen atoms in total. The summed E-state index contributed by atoms with van der Waals surface area (Å²) < 4.78 is 2.37. The Bertz CT molecular complexity index is 3310. The third-order valence-corrected chi connectivity index (χ3v) is 12.9. The Morgan fingerprint density at radius 3 is 1.51 bits per heavy atom. The van der Waals surface area contributed by atoms with E-state index in [1.54, 1.807) is 0 Å². The van der Waals surface area contributed by atoms with E-state index in [1.165, 1.54) is 77.1 Å². The monoisotopic (exact) mass is 776 g/mol. The Morgan fingerprint density at radius 1 is 0.328 bits per heavy atom. The van der Waals surface area contributed by atoms with Gasteiger partial charge in [-0.05, 0) is 116 Å². The first-order valence-electron chi connectivity index (χ1n) is 21.1. The average Bonchev–Trinajstić information content (AvgIpc) is 3.83. The molecule has 0 bridgehead atoms. The van der Waals surface area contributed by atoms with E-state index in [9.17, 15) is 0 Å². The predicted molar refractivity (Wildman–Crippen MR) is 256 cm³/mol. The van der Waals surface area contributed by atoms with E-state index in [4.69, 9.17) is 0 Å². The van der Waals surface area contributed by atoms with Gasteiger partial charge < -0.3 is 9.47 Å². The number of hydrogen-bond donors (Lipinski definition) is 0. The molecule has 0 amide bonds. The number of hydrogen-bond acceptors (Lipinski definition) is 1. The molecule has 11 aromatic rings. The maximum absolute atomic E-state index is 2.42. The second-order valence-electron chi connectivity index (χ2n) is 16.1. The van der Waals surface area contributed by atoms with Crippen molar-refractivity contribution >= 4 is 49.6 Å². The topological polar surface area (TPSA) is 8.17 Å². The second-order valence-corrected chi connectivity index (χ2v) is 16.1. The zero-order chi connectivity index (χ0) is 40.3. The lowest BCUT2D eigenvalue weighted by Gasteiger charge is -2.35. The third-order valence-electron chi connectivity index (χ3n) is 12.9. The summed E-state index contributed by atoms with van der Waals surface area (Å²) in [4.78, 5) is 2.41. The molecule has 1 aliphatic rings. The van der Waals surface area contributed by atoms with Gasteiger partial charge in [-0.3, -0.25) is 0 Å². The molecular weight excluding hydrogens is 737 g/mol. The van der Waals surface area contributed by atoms with Gasteiger partial charge in [-0.2, -0.15) is 0 Å². The lowest BCUT2D eigenvalue weighted by Crippen LogP contribution is -2.28. The van der Waals surface area contributed by atoms with E-state index < -0.39 is 5.41 Å². The molecule has 0 saturated heterocycles. The Labute approximate surface area is 355 Å². The summed E-state index contributed by atoms with van der Waals surface area (Å²) in [5.41, 5.74) is 16.5. The van der Waals surface area contributed by atoms with Crippen molar-refractivity contribution in [1.82, 2.24) is 4.57 Å². The van der Waals surface area contributed by atoms with Crippen LogP contribution < -0.4 is 4.90 Å². The molecule has 0 saturated carbocycles. The highest BCUT2D eigenvalue weighted by Gasteiger charge is 2.46. The molecule has 0 N–H and O–H groups in total. The van der Waals surface area contributed by atoms with Gasteiger partial charge in [0, 0.05) is 33.5 Å². The summed E-state index contributed by atoms with van der Waals surface area (Å²) >= 11 is 0. The minimum Gasteiger partial charge on any atom is -0.310 e. The van der Waals surface area contributed by atoms with Gasteiger partial charge in [-0.15, -0.1) is 0 Å². The molecule has 0 unspecified atom stereocenters. The summed E-state index contributed by atoms with van der Waals surface area (Å²) in [7, 11) is 0. The minimum atomic E-state index is -0.491. The van der Waals surface area contributed by atoms with Gasteiger partial charge >= 0.3 is 0 Å². The van der Waals surface area contributed by atoms with Crippen LogP contribution in [0.1, 0.15) is 22.3 Å². The molecule has 12 rings (SSSR count). The highest BCUT2D eigenvalue weighted by atomic mass is 15.1. The van der Waals surface area contributed by atoms with E-state index in [0.717, 1.165) is 22.7 Å². The molecule has 0 fully saturated rings. The van der Waals surface area contributed by atoms with Gasteiger partial charge in [0.15, 0.2) is 0 Å². The van der Waals surface area contributed by atoms with Crippen LogP contribution in [0, 0.1) is 0 Å². The molecule has 0 radical (unpaired) electrons. The summed E-state index contributed by atoms with van der Waals surface area (Å²) in [6.45, 7) is 0. The lowest BCUT2D eigenvalue weighted by molar-refractivity contribution is 0.768. The first-order chi connectivity index (χ1) is 30.3. The zero-order valence-electron chi connectivity index (χ0n) is 33.5. The van der Waals surface area contributed by atoms with Crippen molar-refractivity contribution < 1.29 is 0 Å². The summed E-state index contributed by atoms with van der Waals surface area (Å²) in [6.07, 6.45) is 0. The van der Waals surface area contributed by atoms with Gasteiger partial charge in [-0.25, -0.2) is 0 Å². The van der Waals surface area contributed by atoms with Crippen molar-refractivity contribution in [3.8, 4) is 27.9 Å². The van der Waals surface area contributed by atoms with Crippen LogP contribution in [-0.4, -0.2) is 4.57 Å². The average molecular weight is 777 g/mol. The first-order valence-corrected chi connectivity index (χ1v) is 21.1. The van der Waals surface area contributed by atoms with Gasteiger partial charge in [0.2, 0.25) is 0 Å². The van der Waals surface area contributed by atoms with Crippen molar-refractivity contribution in [1.29, 1.82) is 0 Å². The van der Waals surface area contributed by atoms with E-state index in [1.807, 2.05) is 0 Å². The number of fused-ring (bicyclic) bond motifs is 7. The Kier molecular flexibility index (Phi) is 8.11. The fourth-order valence-electron chi connectivity index (χ4n) is 10.2. The fraction of sp³-hybridized carbons (Fsp3) is 0.0169.